The van der Waals surface area contributed by atoms with Crippen LogP contribution in [0.2, 0.25) is 0 Å². The van der Waals surface area contributed by atoms with Gasteiger partial charge in [0.05, 0.1) is 58.5 Å². The molecule has 0 aliphatic carbocycles. The van der Waals surface area contributed by atoms with E-state index in [0.717, 1.165) is 88.5 Å². The zero-order valence-corrected chi connectivity index (χ0v) is 87.6. The molecule has 129 heavy (non-hydrogen) atoms. The Morgan fingerprint density at radius 2 is 0.341 bits per heavy atom. The maximum Gasteiger partial charge on any atom is 2.00 e. The number of hydrogen-bond acceptors (Lipinski definition) is 14. The number of ether oxygens (including phenoxy) is 4. The van der Waals surface area contributed by atoms with Crippen LogP contribution in [0.4, 0.5) is 0 Å². The van der Waals surface area contributed by atoms with Crippen LogP contribution in [-0.4, -0.2) is 114 Å². The average molecular weight is 1870 g/mol. The minimum absolute atomic E-state index is 0. The van der Waals surface area contributed by atoms with Gasteiger partial charge in [-0.25, -0.2) is 36.0 Å². The standard InChI is InChI=1S/2C56H98O7S.Ca/c2*1-3-5-7-9-11-13-15-17-19-21-23-25-27-29-31-33-35-37-39-41-43-45-49-62-55(57)53-48-47-52(64(59,60)61)51-54(53)56(58)63-50-46-44-42-40-38-36-34-32-30-28-26-24-22-20-18-16-14-12-10-8-6-4-2;/h2*7-10,47-48,51H,3-6,11-46,49-50H2,1-2H3,(H,59,60,61);/q;;+2/p-2/b2*9-7+,10-8+;. The Labute approximate surface area is 824 Å². The van der Waals surface area contributed by atoms with Gasteiger partial charge < -0.3 is 28.1 Å². The van der Waals surface area contributed by atoms with Crippen LogP contribution in [0, 0.1) is 0 Å². The van der Waals surface area contributed by atoms with Crippen molar-refractivity contribution in [3.8, 4) is 0 Å². The van der Waals surface area contributed by atoms with Gasteiger partial charge in [-0.05, 0) is 139 Å². The molecule has 2 aromatic carbocycles. The molecule has 0 spiro atoms. The zero-order chi connectivity index (χ0) is 92.9. The Morgan fingerprint density at radius 3 is 0.488 bits per heavy atom. The van der Waals surface area contributed by atoms with Gasteiger partial charge in [0.1, 0.15) is 20.2 Å². The summed E-state index contributed by atoms with van der Waals surface area (Å²) >= 11 is 0. The fourth-order valence-corrected chi connectivity index (χ4v) is 17.7. The van der Waals surface area contributed by atoms with E-state index in [4.69, 9.17) is 18.9 Å². The summed E-state index contributed by atoms with van der Waals surface area (Å²) < 4.78 is 92.1. The van der Waals surface area contributed by atoms with Crippen LogP contribution in [0.3, 0.4) is 0 Å². The second-order valence-corrected chi connectivity index (χ2v) is 39.9. The van der Waals surface area contributed by atoms with Gasteiger partial charge in [0, 0.05) is 0 Å². The van der Waals surface area contributed by atoms with E-state index in [1.807, 2.05) is 0 Å². The fourth-order valence-electron chi connectivity index (χ4n) is 16.7. The third-order valence-corrected chi connectivity index (χ3v) is 26.6. The molecule has 0 aliphatic heterocycles. The first-order valence-corrected chi connectivity index (χ1v) is 56.9. The number of hydrogen-bond donors (Lipinski definition) is 0. The van der Waals surface area contributed by atoms with Gasteiger partial charge >= 0.3 is 61.6 Å². The van der Waals surface area contributed by atoms with Gasteiger partial charge in [-0.15, -0.1) is 0 Å². The first-order chi connectivity index (χ1) is 62.6. The molecular formula is C112H194CaO14S2. The molecule has 0 amide bonds. The van der Waals surface area contributed by atoms with Crippen molar-refractivity contribution in [3.05, 3.63) is 107 Å². The molecule has 14 nitrogen and oxygen atoms in total. The Bertz CT molecular complexity index is 3020. The molecule has 0 heterocycles. The van der Waals surface area contributed by atoms with Crippen LogP contribution in [0.25, 0.3) is 0 Å². The van der Waals surface area contributed by atoms with Gasteiger partial charge in [0.2, 0.25) is 0 Å². The minimum Gasteiger partial charge on any atom is -0.744 e. The monoisotopic (exact) mass is 1870 g/mol. The molecule has 0 atom stereocenters. The summed E-state index contributed by atoms with van der Waals surface area (Å²) in [7, 11) is -9.64. The average Bonchev–Trinajstić information content (AvgIpc) is 0.812. The van der Waals surface area contributed by atoms with Crippen molar-refractivity contribution in [2.45, 2.75) is 551 Å². The smallest absolute Gasteiger partial charge is 0.744 e. The summed E-state index contributed by atoms with van der Waals surface area (Å²) in [4.78, 5) is 50.8. The summed E-state index contributed by atoms with van der Waals surface area (Å²) in [6, 6.07) is 6.33. The maximum absolute atomic E-state index is 13.0. The van der Waals surface area contributed by atoms with E-state index in [-0.39, 0.29) is 86.4 Å². The summed E-state index contributed by atoms with van der Waals surface area (Å²) in [5, 5.41) is 0. The Balaban J connectivity index is 0.00000252. The summed E-state index contributed by atoms with van der Waals surface area (Å²) in [6.45, 7) is 9.67. The number of allylic oxidation sites excluding steroid dienone is 8. The molecule has 2 rings (SSSR count). The van der Waals surface area contributed by atoms with Gasteiger partial charge in [-0.3, -0.25) is 0 Å². The van der Waals surface area contributed by atoms with Crippen molar-refractivity contribution in [2.75, 3.05) is 26.4 Å². The van der Waals surface area contributed by atoms with Crippen molar-refractivity contribution < 1.29 is 64.1 Å². The molecule has 0 saturated heterocycles. The number of benzene rings is 2. The minimum atomic E-state index is -4.82. The zero-order valence-electron chi connectivity index (χ0n) is 83.7. The van der Waals surface area contributed by atoms with Crippen LogP contribution < -0.4 is 0 Å². The first kappa shape index (κ1) is 125. The van der Waals surface area contributed by atoms with E-state index < -0.39 is 53.9 Å². The van der Waals surface area contributed by atoms with E-state index in [2.05, 4.69) is 76.3 Å². The largest absolute Gasteiger partial charge is 2.00 e. The molecule has 0 aliphatic rings. The molecule has 2 aromatic rings. The van der Waals surface area contributed by atoms with E-state index >= 15 is 0 Å². The number of rotatable bonds is 94. The van der Waals surface area contributed by atoms with Crippen LogP contribution in [0.1, 0.15) is 583 Å². The normalized spacial score (nSPS) is 11.8. The van der Waals surface area contributed by atoms with Crippen molar-refractivity contribution in [2.24, 2.45) is 0 Å². The molecule has 17 heteroatoms. The molecular weight excluding hydrogens is 1670 g/mol. The predicted molar refractivity (Wildman–Crippen MR) is 544 cm³/mol. The topological polar surface area (TPSA) is 220 Å². The Kier molecular flexibility index (Phi) is 93.3. The summed E-state index contributed by atoms with van der Waals surface area (Å²) in [6.07, 6.45) is 119. The van der Waals surface area contributed by atoms with Crippen LogP contribution in [0.5, 0.6) is 0 Å². The van der Waals surface area contributed by atoms with E-state index in [1.54, 1.807) is 0 Å². The summed E-state index contributed by atoms with van der Waals surface area (Å²) in [5.41, 5.74) is -0.653. The number of carbonyl (C=O) groups excluding carboxylic acids is 4. The van der Waals surface area contributed by atoms with Crippen molar-refractivity contribution >= 4 is 81.9 Å². The van der Waals surface area contributed by atoms with E-state index in [0.29, 0.717) is 25.7 Å². The molecule has 0 aromatic heterocycles. The summed E-state index contributed by atoms with van der Waals surface area (Å²) in [5.74, 6) is -3.07. The third-order valence-electron chi connectivity index (χ3n) is 24.9. The first-order valence-electron chi connectivity index (χ1n) is 54.1. The molecule has 0 bridgehead atoms. The molecule has 0 fully saturated rings. The molecule has 0 unspecified atom stereocenters. The molecule has 0 N–H and O–H groups in total. The second kappa shape index (κ2) is 96.1. The van der Waals surface area contributed by atoms with Crippen LogP contribution in [0.15, 0.2) is 94.8 Å². The predicted octanol–water partition coefficient (Wildman–Crippen LogP) is 34.9. The number of unbranched alkanes of at least 4 members (excludes halogenated alkanes) is 72. The molecule has 0 saturated carbocycles. The third kappa shape index (κ3) is 82.4. The number of esters is 4. The maximum atomic E-state index is 13.0. The SMILES string of the molecule is CCC/C=C/CCCCCCCCCCCCCCCCCCCOC(=O)c1ccc(S(=O)(=O)[O-])cc1C(=O)OCCCCCCCCCCCCCCCCCCC/C=C/CCC.CCC/C=C/CCCCCCCCCCCCCCCCCCCOC(=O)c1ccc(S(=O)(=O)[O-])cc1C(=O)OCCCCCCCCCCCCCCCCCCC/C=C/CCC.[Ca+2]. The van der Waals surface area contributed by atoms with Gasteiger partial charge in [-0.2, -0.15) is 0 Å². The quantitative estimate of drug-likeness (QED) is 0.0150. The van der Waals surface area contributed by atoms with Crippen molar-refractivity contribution in [1.82, 2.24) is 0 Å². The van der Waals surface area contributed by atoms with E-state index in [9.17, 15) is 45.1 Å². The van der Waals surface area contributed by atoms with Gasteiger partial charge in [0.25, 0.3) is 0 Å². The fraction of sp³-hybridized carbons (Fsp3) is 0.786. The molecule has 0 radical (unpaired) electrons. The van der Waals surface area contributed by atoms with Crippen molar-refractivity contribution in [1.29, 1.82) is 0 Å². The van der Waals surface area contributed by atoms with E-state index in [1.165, 1.54) is 436 Å². The van der Waals surface area contributed by atoms with Gasteiger partial charge in [0.15, 0.2) is 0 Å². The van der Waals surface area contributed by atoms with Crippen molar-refractivity contribution in [3.63, 3.8) is 0 Å². The van der Waals surface area contributed by atoms with Crippen LogP contribution in [-0.2, 0) is 39.2 Å². The molecule has 740 valence electrons. The van der Waals surface area contributed by atoms with Gasteiger partial charge in [-0.1, -0.05) is 487 Å². The Morgan fingerprint density at radius 1 is 0.209 bits per heavy atom. The second-order valence-electron chi connectivity index (χ2n) is 37.1. The van der Waals surface area contributed by atoms with Crippen LogP contribution >= 0.6 is 0 Å². The number of carbonyl (C=O) groups is 4. The Hall–Kier alpha value is -3.64.